The molecule has 0 bridgehead atoms. The predicted octanol–water partition coefficient (Wildman–Crippen LogP) is 3.09. The second-order valence-electron chi connectivity index (χ2n) is 4.99. The van der Waals surface area contributed by atoms with Gasteiger partial charge in [-0.1, -0.05) is 18.2 Å². The maximum atomic E-state index is 11.6. The van der Waals surface area contributed by atoms with E-state index in [4.69, 9.17) is 14.2 Å². The standard InChI is InChI=1S/C18H16O5/c1-21-14-5-2-12(3-6-14)10-15(18(19)20)13-4-7-16-17(11-13)23-9-8-22-16/h2-7,10-11H,8-9H2,1H3,(H,19,20)/b15-10-. The average molecular weight is 312 g/mol. The Hall–Kier alpha value is -2.95. The minimum Gasteiger partial charge on any atom is -0.497 e. The molecule has 1 heterocycles. The van der Waals surface area contributed by atoms with Crippen LogP contribution in [0.15, 0.2) is 42.5 Å². The van der Waals surface area contributed by atoms with Gasteiger partial charge in [0.25, 0.3) is 0 Å². The van der Waals surface area contributed by atoms with E-state index in [0.29, 0.717) is 30.3 Å². The number of methoxy groups -OCH3 is 1. The lowest BCUT2D eigenvalue weighted by Gasteiger charge is -2.19. The minimum absolute atomic E-state index is 0.187. The molecule has 5 nitrogen and oxygen atoms in total. The quantitative estimate of drug-likeness (QED) is 0.694. The number of rotatable bonds is 4. The summed E-state index contributed by atoms with van der Waals surface area (Å²) in [4.78, 5) is 11.6. The van der Waals surface area contributed by atoms with Gasteiger partial charge in [0.15, 0.2) is 11.5 Å². The molecule has 118 valence electrons. The van der Waals surface area contributed by atoms with Crippen molar-refractivity contribution in [3.63, 3.8) is 0 Å². The molecule has 1 N–H and O–H groups in total. The van der Waals surface area contributed by atoms with Crippen molar-refractivity contribution < 1.29 is 24.1 Å². The molecule has 1 aliphatic heterocycles. The van der Waals surface area contributed by atoms with Gasteiger partial charge in [-0.25, -0.2) is 4.79 Å². The lowest BCUT2D eigenvalue weighted by atomic mass is 10.0. The van der Waals surface area contributed by atoms with Gasteiger partial charge < -0.3 is 19.3 Å². The fourth-order valence-electron chi connectivity index (χ4n) is 2.35. The van der Waals surface area contributed by atoms with E-state index in [9.17, 15) is 9.90 Å². The van der Waals surface area contributed by atoms with Crippen LogP contribution in [0, 0.1) is 0 Å². The molecule has 0 aromatic heterocycles. The maximum absolute atomic E-state index is 11.6. The highest BCUT2D eigenvalue weighted by Crippen LogP contribution is 2.33. The van der Waals surface area contributed by atoms with Crippen molar-refractivity contribution in [1.29, 1.82) is 0 Å². The Morgan fingerprint density at radius 2 is 1.78 bits per heavy atom. The second-order valence-corrected chi connectivity index (χ2v) is 4.99. The number of hydrogen-bond acceptors (Lipinski definition) is 4. The van der Waals surface area contributed by atoms with Crippen LogP contribution in [0.25, 0.3) is 11.6 Å². The third kappa shape index (κ3) is 3.29. The molecule has 5 heteroatoms. The summed E-state index contributed by atoms with van der Waals surface area (Å²) in [6.45, 7) is 0.959. The number of benzene rings is 2. The van der Waals surface area contributed by atoms with Gasteiger partial charge in [-0.2, -0.15) is 0 Å². The Morgan fingerprint density at radius 3 is 2.43 bits per heavy atom. The molecule has 0 spiro atoms. The van der Waals surface area contributed by atoms with E-state index in [2.05, 4.69) is 0 Å². The molecule has 2 aromatic rings. The van der Waals surface area contributed by atoms with Crippen molar-refractivity contribution in [1.82, 2.24) is 0 Å². The van der Waals surface area contributed by atoms with Gasteiger partial charge in [0.2, 0.25) is 0 Å². The summed E-state index contributed by atoms with van der Waals surface area (Å²) in [6, 6.07) is 12.3. The number of carbonyl (C=O) groups is 1. The van der Waals surface area contributed by atoms with Gasteiger partial charge >= 0.3 is 5.97 Å². The Morgan fingerprint density at radius 1 is 1.09 bits per heavy atom. The molecule has 0 amide bonds. The summed E-state index contributed by atoms with van der Waals surface area (Å²) >= 11 is 0. The van der Waals surface area contributed by atoms with Crippen LogP contribution < -0.4 is 14.2 Å². The van der Waals surface area contributed by atoms with Crippen molar-refractivity contribution in [3.05, 3.63) is 53.6 Å². The highest BCUT2D eigenvalue weighted by atomic mass is 16.6. The Kier molecular flexibility index (Phi) is 4.19. The van der Waals surface area contributed by atoms with E-state index in [1.54, 1.807) is 55.7 Å². The topological polar surface area (TPSA) is 65.0 Å². The third-order valence-electron chi connectivity index (χ3n) is 3.51. The number of ether oxygens (including phenoxy) is 3. The van der Waals surface area contributed by atoms with Crippen LogP contribution in [0.3, 0.4) is 0 Å². The monoisotopic (exact) mass is 312 g/mol. The molecule has 23 heavy (non-hydrogen) atoms. The number of fused-ring (bicyclic) bond motifs is 1. The Bertz CT molecular complexity index is 747. The maximum Gasteiger partial charge on any atom is 0.336 e. The zero-order valence-corrected chi connectivity index (χ0v) is 12.6. The number of carboxylic acids is 1. The van der Waals surface area contributed by atoms with E-state index in [1.165, 1.54) is 0 Å². The number of hydrogen-bond donors (Lipinski definition) is 1. The second kappa shape index (κ2) is 6.44. The van der Waals surface area contributed by atoms with Crippen LogP contribution in [0.5, 0.6) is 17.2 Å². The normalized spacial score (nSPS) is 13.5. The number of aliphatic carboxylic acids is 1. The van der Waals surface area contributed by atoms with Crippen molar-refractivity contribution in [2.75, 3.05) is 20.3 Å². The molecule has 1 aliphatic rings. The summed E-state index contributed by atoms with van der Waals surface area (Å²) in [5, 5.41) is 9.53. The van der Waals surface area contributed by atoms with Gasteiger partial charge in [0, 0.05) is 0 Å². The van der Waals surface area contributed by atoms with E-state index in [-0.39, 0.29) is 5.57 Å². The first kappa shape index (κ1) is 15.0. The molecule has 0 saturated heterocycles. The van der Waals surface area contributed by atoms with Crippen LogP contribution in [0.4, 0.5) is 0 Å². The molecule has 0 aliphatic carbocycles. The zero-order chi connectivity index (χ0) is 16.2. The van der Waals surface area contributed by atoms with Gasteiger partial charge in [0.1, 0.15) is 19.0 Å². The van der Waals surface area contributed by atoms with Crippen molar-refractivity contribution in [2.45, 2.75) is 0 Å². The van der Waals surface area contributed by atoms with E-state index >= 15 is 0 Å². The third-order valence-corrected chi connectivity index (χ3v) is 3.51. The largest absolute Gasteiger partial charge is 0.497 e. The van der Waals surface area contributed by atoms with Crippen LogP contribution in [0.2, 0.25) is 0 Å². The minimum atomic E-state index is -1.00. The Labute approximate surface area is 133 Å². The van der Waals surface area contributed by atoms with E-state index in [0.717, 1.165) is 11.3 Å². The highest BCUT2D eigenvalue weighted by molar-refractivity contribution is 6.20. The summed E-state index contributed by atoms with van der Waals surface area (Å²) in [6.07, 6.45) is 1.62. The van der Waals surface area contributed by atoms with Gasteiger partial charge in [-0.05, 0) is 41.5 Å². The summed E-state index contributed by atoms with van der Waals surface area (Å²) < 4.78 is 16.1. The van der Waals surface area contributed by atoms with E-state index in [1.807, 2.05) is 0 Å². The molecule has 0 atom stereocenters. The smallest absolute Gasteiger partial charge is 0.336 e. The molecular formula is C18H16O5. The zero-order valence-electron chi connectivity index (χ0n) is 12.6. The lowest BCUT2D eigenvalue weighted by Crippen LogP contribution is -2.15. The SMILES string of the molecule is COc1ccc(/C=C(\C(=O)O)c2ccc3c(c2)OCCO3)cc1. The Balaban J connectivity index is 1.97. The summed E-state index contributed by atoms with van der Waals surface area (Å²) in [5.74, 6) is 0.917. The first-order valence-corrected chi connectivity index (χ1v) is 7.16. The fourth-order valence-corrected chi connectivity index (χ4v) is 2.35. The molecule has 3 rings (SSSR count). The molecule has 0 unspecified atom stereocenters. The molecular weight excluding hydrogens is 296 g/mol. The van der Waals surface area contributed by atoms with Gasteiger partial charge in [-0.15, -0.1) is 0 Å². The van der Waals surface area contributed by atoms with Crippen LogP contribution >= 0.6 is 0 Å². The first-order chi connectivity index (χ1) is 11.2. The van der Waals surface area contributed by atoms with Gasteiger partial charge in [0.05, 0.1) is 12.7 Å². The summed E-state index contributed by atoms with van der Waals surface area (Å²) in [7, 11) is 1.59. The van der Waals surface area contributed by atoms with Crippen molar-refractivity contribution in [2.24, 2.45) is 0 Å². The van der Waals surface area contributed by atoms with Crippen LogP contribution in [-0.2, 0) is 4.79 Å². The molecule has 0 fully saturated rings. The van der Waals surface area contributed by atoms with Crippen molar-refractivity contribution in [3.8, 4) is 17.2 Å². The lowest BCUT2D eigenvalue weighted by molar-refractivity contribution is -0.130. The highest BCUT2D eigenvalue weighted by Gasteiger charge is 2.16. The molecule has 0 radical (unpaired) electrons. The average Bonchev–Trinajstić information content (AvgIpc) is 2.59. The van der Waals surface area contributed by atoms with Gasteiger partial charge in [-0.3, -0.25) is 0 Å². The number of carboxylic acid groups (broad SMARTS) is 1. The van der Waals surface area contributed by atoms with Crippen LogP contribution in [-0.4, -0.2) is 31.4 Å². The predicted molar refractivity (Wildman–Crippen MR) is 85.9 cm³/mol. The first-order valence-electron chi connectivity index (χ1n) is 7.16. The van der Waals surface area contributed by atoms with Crippen LogP contribution in [0.1, 0.15) is 11.1 Å². The van der Waals surface area contributed by atoms with Crippen molar-refractivity contribution >= 4 is 17.6 Å². The fraction of sp³-hybridized carbons (Fsp3) is 0.167. The summed E-state index contributed by atoms with van der Waals surface area (Å²) in [5.41, 5.74) is 1.53. The van der Waals surface area contributed by atoms with E-state index < -0.39 is 5.97 Å². The molecule has 2 aromatic carbocycles. The molecule has 0 saturated carbocycles.